The van der Waals surface area contributed by atoms with E-state index in [4.69, 9.17) is 11.6 Å². The maximum Gasteiger partial charge on any atom is 0.0404 e. The molecule has 0 aromatic rings. The first kappa shape index (κ1) is 8.14. The molecule has 0 aliphatic carbocycles. The molecular weight excluding hydrogens is 148 g/mol. The molecule has 0 rings (SSSR count). The highest BCUT2D eigenvalue weighted by atomic mass is 35.5. The summed E-state index contributed by atoms with van der Waals surface area (Å²) < 4.78 is 19.6. The van der Waals surface area contributed by atoms with E-state index >= 15 is 0 Å². The van der Waals surface area contributed by atoms with Gasteiger partial charge in [0.1, 0.15) is 0 Å². The lowest BCUT2D eigenvalue weighted by molar-refractivity contribution is 0.540. The van der Waals surface area contributed by atoms with Crippen LogP contribution in [0.4, 0.5) is 0 Å². The van der Waals surface area contributed by atoms with E-state index in [9.17, 15) is 8.76 Å². The minimum Gasteiger partial charge on any atom is -0.772 e. The van der Waals surface area contributed by atoms with E-state index in [0.717, 1.165) is 0 Å². The average Bonchev–Trinajstić information content (AvgIpc) is 1.66. The lowest BCUT2D eigenvalue weighted by Crippen LogP contribution is -1.89. The Hall–Kier alpha value is 0.140. The second kappa shape index (κ2) is 5.28. The van der Waals surface area contributed by atoms with Crippen molar-refractivity contribution in [2.45, 2.75) is 0 Å². The van der Waals surface area contributed by atoms with Crippen molar-refractivity contribution in [3.63, 3.8) is 0 Å². The molecule has 48 valence electrons. The molecule has 0 amide bonds. The Labute approximate surface area is 55.8 Å². The summed E-state index contributed by atoms with van der Waals surface area (Å²) in [5.41, 5.74) is 0. The second-order valence-corrected chi connectivity index (χ2v) is 2.35. The first-order chi connectivity index (χ1) is 3.77. The zero-order chi connectivity index (χ0) is 6.41. The van der Waals surface area contributed by atoms with Gasteiger partial charge >= 0.3 is 0 Å². The Morgan fingerprint density at radius 3 is 2.62 bits per heavy atom. The molecule has 0 aliphatic rings. The Morgan fingerprint density at radius 1 is 1.62 bits per heavy atom. The van der Waals surface area contributed by atoms with Gasteiger partial charge in [0, 0.05) is 11.6 Å². The van der Waals surface area contributed by atoms with Crippen molar-refractivity contribution in [2.75, 3.05) is 11.6 Å². The van der Waals surface area contributed by atoms with Crippen LogP contribution < -0.4 is 0 Å². The summed E-state index contributed by atoms with van der Waals surface area (Å²) in [6.45, 7) is 0. The van der Waals surface area contributed by atoms with Gasteiger partial charge in [-0.15, -0.1) is 11.6 Å². The second-order valence-electron chi connectivity index (χ2n) is 1.10. The van der Waals surface area contributed by atoms with E-state index in [0.29, 0.717) is 5.88 Å². The third-order valence-electron chi connectivity index (χ3n) is 0.488. The van der Waals surface area contributed by atoms with E-state index < -0.39 is 11.1 Å². The van der Waals surface area contributed by atoms with Gasteiger partial charge in [-0.3, -0.25) is 4.21 Å². The first-order valence-electron chi connectivity index (χ1n) is 2.04. The fraction of sp³-hybridized carbons (Fsp3) is 0.500. The Kier molecular flexibility index (Phi) is 5.37. The number of alkyl halides is 1. The molecule has 1 atom stereocenters. The van der Waals surface area contributed by atoms with Crippen LogP contribution in [0, 0.1) is 0 Å². The van der Waals surface area contributed by atoms with Crippen molar-refractivity contribution in [3.05, 3.63) is 12.2 Å². The van der Waals surface area contributed by atoms with E-state index in [1.54, 1.807) is 6.08 Å². The summed E-state index contributed by atoms with van der Waals surface area (Å²) in [5.74, 6) is 0.434. The number of allylic oxidation sites excluding steroid dienone is 1. The molecule has 0 saturated heterocycles. The molecule has 0 aromatic carbocycles. The minimum atomic E-state index is -1.96. The quantitative estimate of drug-likeness (QED) is 0.340. The van der Waals surface area contributed by atoms with Crippen LogP contribution in [0.1, 0.15) is 0 Å². The SMILES string of the molecule is O=S([O-])CC=CCCl. The van der Waals surface area contributed by atoms with Crippen LogP contribution >= 0.6 is 11.6 Å². The lowest BCUT2D eigenvalue weighted by Gasteiger charge is -1.96. The number of hydrogen-bond donors (Lipinski definition) is 0. The molecule has 0 heterocycles. The van der Waals surface area contributed by atoms with Crippen LogP contribution in [0.25, 0.3) is 0 Å². The molecule has 0 spiro atoms. The van der Waals surface area contributed by atoms with E-state index in [1.165, 1.54) is 6.08 Å². The summed E-state index contributed by atoms with van der Waals surface area (Å²) >= 11 is 3.23. The summed E-state index contributed by atoms with van der Waals surface area (Å²) in [7, 11) is 0. The van der Waals surface area contributed by atoms with Gasteiger partial charge < -0.3 is 4.55 Å². The van der Waals surface area contributed by atoms with Crippen molar-refractivity contribution in [3.8, 4) is 0 Å². The molecule has 2 nitrogen and oxygen atoms in total. The van der Waals surface area contributed by atoms with Gasteiger partial charge in [0.15, 0.2) is 0 Å². The normalized spacial score (nSPS) is 14.8. The van der Waals surface area contributed by atoms with Gasteiger partial charge in [0.25, 0.3) is 0 Å². The van der Waals surface area contributed by atoms with Crippen LogP contribution in [0.5, 0.6) is 0 Å². The number of halogens is 1. The van der Waals surface area contributed by atoms with E-state index in [2.05, 4.69) is 0 Å². The number of hydrogen-bond acceptors (Lipinski definition) is 2. The molecular formula is C4H6ClO2S-. The smallest absolute Gasteiger partial charge is 0.0404 e. The van der Waals surface area contributed by atoms with Crippen molar-refractivity contribution in [1.29, 1.82) is 0 Å². The maximum absolute atomic E-state index is 9.78. The molecule has 8 heavy (non-hydrogen) atoms. The van der Waals surface area contributed by atoms with Crippen LogP contribution in [0.3, 0.4) is 0 Å². The van der Waals surface area contributed by atoms with Gasteiger partial charge in [-0.25, -0.2) is 0 Å². The Morgan fingerprint density at radius 2 is 2.25 bits per heavy atom. The van der Waals surface area contributed by atoms with Crippen LogP contribution in [0.2, 0.25) is 0 Å². The first-order valence-corrected chi connectivity index (χ1v) is 3.82. The Bertz CT molecular complexity index is 102. The standard InChI is InChI=1S/C4H7ClO2S/c5-3-1-2-4-8(6)7/h1-2H,3-4H2,(H,6,7)/p-1. The van der Waals surface area contributed by atoms with Gasteiger partial charge in [-0.05, 0) is 0 Å². The summed E-state index contributed by atoms with van der Waals surface area (Å²) in [6.07, 6.45) is 3.10. The topological polar surface area (TPSA) is 40.1 Å². The van der Waals surface area contributed by atoms with Crippen molar-refractivity contribution in [1.82, 2.24) is 0 Å². The third-order valence-corrected chi connectivity index (χ3v) is 1.13. The van der Waals surface area contributed by atoms with Crippen LogP contribution in [-0.2, 0) is 11.1 Å². The molecule has 0 fully saturated rings. The molecule has 0 aliphatic heterocycles. The molecule has 0 bridgehead atoms. The Balaban J connectivity index is 3.16. The fourth-order valence-electron chi connectivity index (χ4n) is 0.210. The lowest BCUT2D eigenvalue weighted by atomic mass is 10.6. The molecule has 0 N–H and O–H groups in total. The molecule has 4 heteroatoms. The predicted molar refractivity (Wildman–Crippen MR) is 33.6 cm³/mol. The third kappa shape index (κ3) is 6.14. The van der Waals surface area contributed by atoms with Crippen molar-refractivity contribution < 1.29 is 8.76 Å². The van der Waals surface area contributed by atoms with E-state index in [1.807, 2.05) is 0 Å². The largest absolute Gasteiger partial charge is 0.772 e. The van der Waals surface area contributed by atoms with Crippen molar-refractivity contribution in [2.24, 2.45) is 0 Å². The van der Waals surface area contributed by atoms with Gasteiger partial charge in [0.2, 0.25) is 0 Å². The summed E-state index contributed by atoms with van der Waals surface area (Å²) in [6, 6.07) is 0. The highest BCUT2D eigenvalue weighted by molar-refractivity contribution is 7.79. The number of rotatable bonds is 3. The molecule has 0 saturated carbocycles. The zero-order valence-corrected chi connectivity index (χ0v) is 5.74. The monoisotopic (exact) mass is 153 g/mol. The summed E-state index contributed by atoms with van der Waals surface area (Å²) in [4.78, 5) is 0. The zero-order valence-electron chi connectivity index (χ0n) is 4.17. The van der Waals surface area contributed by atoms with Gasteiger partial charge in [0.05, 0.1) is 0 Å². The maximum atomic E-state index is 9.78. The van der Waals surface area contributed by atoms with Crippen LogP contribution in [-0.4, -0.2) is 20.4 Å². The molecule has 0 radical (unpaired) electrons. The molecule has 1 unspecified atom stereocenters. The van der Waals surface area contributed by atoms with Gasteiger partial charge in [-0.2, -0.15) is 0 Å². The predicted octanol–water partition coefficient (Wildman–Crippen LogP) is 0.661. The highest BCUT2D eigenvalue weighted by Gasteiger charge is 1.72. The van der Waals surface area contributed by atoms with Crippen molar-refractivity contribution >= 4 is 22.7 Å². The fourth-order valence-corrected chi connectivity index (χ4v) is 0.629. The van der Waals surface area contributed by atoms with Gasteiger partial charge in [-0.1, -0.05) is 23.2 Å². The molecule has 0 aromatic heterocycles. The van der Waals surface area contributed by atoms with Crippen LogP contribution in [0.15, 0.2) is 12.2 Å². The van der Waals surface area contributed by atoms with E-state index in [-0.39, 0.29) is 5.75 Å². The summed E-state index contributed by atoms with van der Waals surface area (Å²) in [5, 5.41) is 0. The highest BCUT2D eigenvalue weighted by Crippen LogP contribution is 1.79. The average molecular weight is 154 g/mol. The minimum absolute atomic E-state index is 0.0622.